The molecule has 6 heavy (non-hydrogen) atoms. The molecule has 2 nitrogen and oxygen atoms in total. The Balaban J connectivity index is 0. The average Bonchev–Trinajstić information content (AvgIpc) is 1.41. The second kappa shape index (κ2) is 9.79. The second-order valence-corrected chi connectivity index (χ2v) is 2.64. The van der Waals surface area contributed by atoms with Crippen molar-refractivity contribution in [2.45, 2.75) is 0 Å². The van der Waals surface area contributed by atoms with Crippen LogP contribution in [0.25, 0.3) is 0 Å². The van der Waals surface area contributed by atoms with Gasteiger partial charge in [0, 0.05) is 21.1 Å². The Morgan fingerprint density at radius 1 is 1.83 bits per heavy atom. The number of nitrogens with one attached hydrogen (secondary N) is 1. The van der Waals surface area contributed by atoms with Crippen LogP contribution in [0.15, 0.2) is 4.52 Å². The minimum Gasteiger partial charge on any atom is -0.263 e. The predicted octanol–water partition coefficient (Wildman–Crippen LogP) is 1.20. The summed E-state index contributed by atoms with van der Waals surface area (Å²) in [5.41, 5.74) is 0. The molecule has 0 rings (SSSR count). The summed E-state index contributed by atoms with van der Waals surface area (Å²) in [6, 6.07) is 0. The Labute approximate surface area is 58.0 Å². The molecule has 0 fully saturated rings. The van der Waals surface area contributed by atoms with Gasteiger partial charge in [0.25, 0.3) is 0 Å². The summed E-state index contributed by atoms with van der Waals surface area (Å²) in [6.45, 7) is 0. The molecule has 0 aromatic carbocycles. The largest absolute Gasteiger partial charge is 0.263 e. The van der Waals surface area contributed by atoms with Crippen LogP contribution in [-0.4, -0.2) is 0 Å². The van der Waals surface area contributed by atoms with Crippen LogP contribution in [0.2, 0.25) is 0 Å². The maximum Gasteiger partial charge on any atom is 0.0795 e. The summed E-state index contributed by atoms with van der Waals surface area (Å²) in [7, 11) is 5.70. The van der Waals surface area contributed by atoms with Gasteiger partial charge >= 0.3 is 0 Å². The van der Waals surface area contributed by atoms with Gasteiger partial charge in [0.2, 0.25) is 0 Å². The zero-order valence-corrected chi connectivity index (χ0v) is 8.27. The van der Waals surface area contributed by atoms with Crippen molar-refractivity contribution in [1.29, 1.82) is 0 Å². The molecule has 2 atom stereocenters. The third-order valence-electron chi connectivity index (χ3n) is 0.120. The van der Waals surface area contributed by atoms with Gasteiger partial charge in [0.15, 0.2) is 0 Å². The van der Waals surface area contributed by atoms with Crippen molar-refractivity contribution < 1.29 is 21.1 Å². The first-order valence-corrected chi connectivity index (χ1v) is 2.96. The molecule has 0 amide bonds. The molecule has 0 spiro atoms. The molecule has 0 aliphatic rings. The van der Waals surface area contributed by atoms with Gasteiger partial charge in [-0.2, -0.15) is 0 Å². The molecule has 1 N–H and O–H groups in total. The minimum absolute atomic E-state index is 0. The van der Waals surface area contributed by atoms with Gasteiger partial charge in [-0.15, -0.1) is 0 Å². The van der Waals surface area contributed by atoms with Crippen LogP contribution in [0, 0.1) is 0 Å². The SMILES string of the molecule is P=NPNP.[Pt]. The van der Waals surface area contributed by atoms with E-state index < -0.39 is 0 Å². The first-order chi connectivity index (χ1) is 2.41. The molecule has 6 heteroatoms. The van der Waals surface area contributed by atoms with Crippen molar-refractivity contribution >= 4 is 27.3 Å². The van der Waals surface area contributed by atoms with E-state index in [4.69, 9.17) is 0 Å². The Kier molecular flexibility index (Phi) is 17.2. The van der Waals surface area contributed by atoms with E-state index in [0.717, 1.165) is 0 Å². The van der Waals surface area contributed by atoms with E-state index in [9.17, 15) is 0 Å². The average molecular weight is 321 g/mol. The van der Waals surface area contributed by atoms with Crippen LogP contribution in [0.4, 0.5) is 0 Å². The molecular formula is H5N2P3Pt. The third-order valence-corrected chi connectivity index (χ3v) is 1.08. The van der Waals surface area contributed by atoms with Gasteiger partial charge in [-0.25, -0.2) is 4.52 Å². The van der Waals surface area contributed by atoms with Crippen molar-refractivity contribution in [2.75, 3.05) is 0 Å². The van der Waals surface area contributed by atoms with E-state index in [2.05, 4.69) is 27.8 Å². The summed E-state index contributed by atoms with van der Waals surface area (Å²) < 4.78 is 3.56. The first-order valence-electron chi connectivity index (χ1n) is 0.986. The number of nitrogens with zero attached hydrogens (tertiary/aromatic N) is 1. The molecule has 0 aliphatic carbocycles. The maximum atomic E-state index is 3.56. The van der Waals surface area contributed by atoms with Crippen molar-refractivity contribution in [2.24, 2.45) is 4.52 Å². The third kappa shape index (κ3) is 9.15. The molecule has 0 heterocycles. The number of hydrogen-bond donors (Lipinski definition) is 1. The quantitative estimate of drug-likeness (QED) is 0.760. The van der Waals surface area contributed by atoms with Crippen LogP contribution in [0.1, 0.15) is 0 Å². The fourth-order valence-corrected chi connectivity index (χ4v) is 0.871. The van der Waals surface area contributed by atoms with E-state index in [1.807, 2.05) is 0 Å². The summed E-state index contributed by atoms with van der Waals surface area (Å²) in [6.07, 6.45) is 0. The van der Waals surface area contributed by atoms with Crippen molar-refractivity contribution in [3.63, 3.8) is 0 Å². The van der Waals surface area contributed by atoms with Gasteiger partial charge in [-0.05, 0) is 9.03 Å². The summed E-state index contributed by atoms with van der Waals surface area (Å²) in [5, 5.41) is 0. The second-order valence-electron chi connectivity index (χ2n) is 0.368. The zero-order valence-electron chi connectivity index (χ0n) is 2.84. The molecule has 0 saturated heterocycles. The van der Waals surface area contributed by atoms with E-state index in [0.29, 0.717) is 8.88 Å². The van der Waals surface area contributed by atoms with Crippen LogP contribution in [-0.2, 0) is 21.1 Å². The maximum absolute atomic E-state index is 3.56. The van der Waals surface area contributed by atoms with Crippen molar-refractivity contribution in [3.05, 3.63) is 0 Å². The fourth-order valence-electron chi connectivity index (χ4n) is 0.0323. The van der Waals surface area contributed by atoms with Crippen molar-refractivity contribution in [3.8, 4) is 0 Å². The van der Waals surface area contributed by atoms with E-state index in [1.165, 1.54) is 0 Å². The van der Waals surface area contributed by atoms with Crippen molar-refractivity contribution in [1.82, 2.24) is 4.86 Å². The van der Waals surface area contributed by atoms with E-state index >= 15 is 0 Å². The minimum atomic E-state index is 0. The number of hydrogen-bond acceptors (Lipinski definition) is 2. The standard InChI is InChI=1S/H5N2P3.Pt/c3-1-5-2-4;/h1,4-5H,3H2;. The Morgan fingerprint density at radius 2 is 2.33 bits per heavy atom. The molecule has 0 aromatic rings. The Morgan fingerprint density at radius 3 is 2.33 bits per heavy atom. The number of rotatable bonds is 2. The smallest absolute Gasteiger partial charge is 0.0795 e. The van der Waals surface area contributed by atoms with Gasteiger partial charge in [0.1, 0.15) is 0 Å². The molecule has 0 radical (unpaired) electrons. The molecule has 0 bridgehead atoms. The Hall–Kier alpha value is 1.61. The normalized spacial score (nSPS) is 8.17. The van der Waals surface area contributed by atoms with Crippen LogP contribution in [0.5, 0.6) is 0 Å². The van der Waals surface area contributed by atoms with E-state index in [-0.39, 0.29) is 21.1 Å². The van der Waals surface area contributed by atoms with Crippen LogP contribution in [0.3, 0.4) is 0 Å². The summed E-state index contributed by atoms with van der Waals surface area (Å²) in [4.78, 5) is 2.75. The summed E-state index contributed by atoms with van der Waals surface area (Å²) in [5.74, 6) is 0. The van der Waals surface area contributed by atoms with Crippen LogP contribution >= 0.6 is 27.3 Å². The first kappa shape index (κ1) is 10.6. The Bertz CT molecular complexity index is 30.0. The van der Waals surface area contributed by atoms with E-state index in [1.54, 1.807) is 0 Å². The zero-order chi connectivity index (χ0) is 4.12. The van der Waals surface area contributed by atoms with Crippen LogP contribution < -0.4 is 4.86 Å². The predicted molar refractivity (Wildman–Crippen MR) is 31.9 cm³/mol. The van der Waals surface area contributed by atoms with Gasteiger partial charge < -0.3 is 0 Å². The molecule has 0 aliphatic heterocycles. The molecule has 40 valence electrons. The van der Waals surface area contributed by atoms with Gasteiger partial charge in [-0.3, -0.25) is 4.86 Å². The molecule has 0 saturated carbocycles. The monoisotopic (exact) mass is 321 g/mol. The molecule has 0 aromatic heterocycles. The fraction of sp³-hybridized carbons (Fsp3) is 0. The molecule has 2 unspecified atom stereocenters. The summed E-state index contributed by atoms with van der Waals surface area (Å²) >= 11 is 0. The molecular weight excluding hydrogens is 316 g/mol. The van der Waals surface area contributed by atoms with Gasteiger partial charge in [-0.1, -0.05) is 9.39 Å². The topological polar surface area (TPSA) is 24.4 Å². The van der Waals surface area contributed by atoms with Gasteiger partial charge in [0.05, 0.1) is 8.88 Å².